The standard InChI is InChI=1S/C24H31NO5/c1-3-4-5-17(2)30-24(29)22(16-19-8-13-21(27)14-9-19)25-23(28)15-10-18-6-11-20(26)12-7-18/h6-9,11-14,17,22,26-27H,3-5,10,15-16H2,1-2H3,(H,25,28). The molecule has 0 aliphatic rings. The summed E-state index contributed by atoms with van der Waals surface area (Å²) in [7, 11) is 0. The van der Waals surface area contributed by atoms with Crippen molar-refractivity contribution in [2.75, 3.05) is 0 Å². The van der Waals surface area contributed by atoms with Gasteiger partial charge in [0, 0.05) is 12.8 Å². The zero-order valence-electron chi connectivity index (χ0n) is 17.6. The molecule has 0 radical (unpaired) electrons. The summed E-state index contributed by atoms with van der Waals surface area (Å²) in [5.74, 6) is -0.379. The number of ether oxygens (including phenoxy) is 1. The zero-order valence-corrected chi connectivity index (χ0v) is 17.6. The lowest BCUT2D eigenvalue weighted by molar-refractivity contribution is -0.152. The quantitative estimate of drug-likeness (QED) is 0.486. The maximum absolute atomic E-state index is 12.7. The first-order valence-electron chi connectivity index (χ1n) is 10.4. The van der Waals surface area contributed by atoms with Crippen molar-refractivity contribution in [3.8, 4) is 11.5 Å². The van der Waals surface area contributed by atoms with E-state index in [-0.39, 0.29) is 36.4 Å². The number of rotatable bonds is 11. The Morgan fingerprint density at radius 3 is 2.10 bits per heavy atom. The van der Waals surface area contributed by atoms with Gasteiger partial charge in [-0.15, -0.1) is 0 Å². The first-order chi connectivity index (χ1) is 14.4. The van der Waals surface area contributed by atoms with Crippen molar-refractivity contribution in [1.82, 2.24) is 5.32 Å². The van der Waals surface area contributed by atoms with Gasteiger partial charge in [-0.25, -0.2) is 4.79 Å². The average Bonchev–Trinajstić information content (AvgIpc) is 2.73. The molecule has 0 aliphatic carbocycles. The Kier molecular flexibility index (Phi) is 9.19. The Labute approximate surface area is 177 Å². The molecule has 0 aromatic heterocycles. The molecule has 6 heteroatoms. The van der Waals surface area contributed by atoms with Crippen molar-refractivity contribution in [3.63, 3.8) is 0 Å². The number of carbonyl (C=O) groups excluding carboxylic acids is 2. The molecule has 1 amide bonds. The number of benzene rings is 2. The van der Waals surface area contributed by atoms with E-state index in [2.05, 4.69) is 12.2 Å². The fourth-order valence-corrected chi connectivity index (χ4v) is 3.08. The second-order valence-electron chi connectivity index (χ2n) is 7.55. The second kappa shape index (κ2) is 11.9. The molecule has 30 heavy (non-hydrogen) atoms. The highest BCUT2D eigenvalue weighted by Gasteiger charge is 2.24. The number of phenols is 2. The molecule has 0 heterocycles. The first-order valence-corrected chi connectivity index (χ1v) is 10.4. The van der Waals surface area contributed by atoms with E-state index in [1.54, 1.807) is 48.5 Å². The van der Waals surface area contributed by atoms with E-state index in [0.717, 1.165) is 30.4 Å². The Morgan fingerprint density at radius 2 is 1.53 bits per heavy atom. The molecule has 3 N–H and O–H groups in total. The number of carbonyl (C=O) groups is 2. The molecule has 0 saturated carbocycles. The Balaban J connectivity index is 1.99. The third kappa shape index (κ3) is 8.15. The highest BCUT2D eigenvalue weighted by atomic mass is 16.5. The maximum atomic E-state index is 12.7. The van der Waals surface area contributed by atoms with Gasteiger partial charge in [-0.05, 0) is 55.2 Å². The van der Waals surface area contributed by atoms with Gasteiger partial charge in [-0.2, -0.15) is 0 Å². The number of esters is 1. The van der Waals surface area contributed by atoms with E-state index >= 15 is 0 Å². The Hall–Kier alpha value is -3.02. The molecule has 6 nitrogen and oxygen atoms in total. The van der Waals surface area contributed by atoms with Gasteiger partial charge >= 0.3 is 5.97 Å². The summed E-state index contributed by atoms with van der Waals surface area (Å²) in [6, 6.07) is 12.4. The van der Waals surface area contributed by atoms with E-state index in [9.17, 15) is 19.8 Å². The number of unbranched alkanes of at least 4 members (excludes halogenated alkanes) is 1. The lowest BCUT2D eigenvalue weighted by atomic mass is 10.0. The number of amides is 1. The van der Waals surface area contributed by atoms with Crippen LogP contribution in [0.2, 0.25) is 0 Å². The molecule has 2 atom stereocenters. The van der Waals surface area contributed by atoms with Crippen molar-refractivity contribution in [2.24, 2.45) is 0 Å². The Bertz CT molecular complexity index is 801. The van der Waals surface area contributed by atoms with E-state index in [1.165, 1.54) is 0 Å². The smallest absolute Gasteiger partial charge is 0.329 e. The molecule has 2 unspecified atom stereocenters. The molecule has 2 aromatic rings. The van der Waals surface area contributed by atoms with Crippen LogP contribution in [0.3, 0.4) is 0 Å². The summed E-state index contributed by atoms with van der Waals surface area (Å²) in [6.07, 6.45) is 3.56. The van der Waals surface area contributed by atoms with Crippen molar-refractivity contribution in [1.29, 1.82) is 0 Å². The van der Waals surface area contributed by atoms with Crippen LogP contribution in [-0.4, -0.2) is 34.2 Å². The normalized spacial score (nSPS) is 12.7. The topological polar surface area (TPSA) is 95.9 Å². The third-order valence-corrected chi connectivity index (χ3v) is 4.85. The predicted octanol–water partition coefficient (Wildman–Crippen LogP) is 3.88. The summed E-state index contributed by atoms with van der Waals surface area (Å²) >= 11 is 0. The molecule has 2 aromatic carbocycles. The zero-order chi connectivity index (χ0) is 21.9. The number of aryl methyl sites for hydroxylation is 1. The molecule has 0 aliphatic heterocycles. The Morgan fingerprint density at radius 1 is 0.967 bits per heavy atom. The minimum Gasteiger partial charge on any atom is -0.508 e. The first kappa shape index (κ1) is 23.3. The summed E-state index contributed by atoms with van der Waals surface area (Å²) in [5.41, 5.74) is 1.74. The second-order valence-corrected chi connectivity index (χ2v) is 7.55. The molecular formula is C24H31NO5. The third-order valence-electron chi connectivity index (χ3n) is 4.85. The molecule has 162 valence electrons. The van der Waals surface area contributed by atoms with Crippen LogP contribution in [0, 0.1) is 0 Å². The van der Waals surface area contributed by atoms with Gasteiger partial charge in [0.05, 0.1) is 6.10 Å². The molecule has 0 spiro atoms. The number of hydrogen-bond acceptors (Lipinski definition) is 5. The van der Waals surface area contributed by atoms with Crippen molar-refractivity contribution < 1.29 is 24.5 Å². The maximum Gasteiger partial charge on any atom is 0.329 e. The average molecular weight is 414 g/mol. The van der Waals surface area contributed by atoms with Gasteiger partial charge in [0.15, 0.2) is 0 Å². The van der Waals surface area contributed by atoms with Crippen LogP contribution in [0.5, 0.6) is 11.5 Å². The summed E-state index contributed by atoms with van der Waals surface area (Å²) in [5, 5.41) is 21.6. The predicted molar refractivity (Wildman–Crippen MR) is 115 cm³/mol. The van der Waals surface area contributed by atoms with Gasteiger partial charge in [0.1, 0.15) is 17.5 Å². The van der Waals surface area contributed by atoms with Crippen LogP contribution < -0.4 is 5.32 Å². The SMILES string of the molecule is CCCCC(C)OC(=O)C(Cc1ccc(O)cc1)NC(=O)CCc1ccc(O)cc1. The van der Waals surface area contributed by atoms with Gasteiger partial charge in [0.25, 0.3) is 0 Å². The summed E-state index contributed by atoms with van der Waals surface area (Å²) < 4.78 is 5.56. The highest BCUT2D eigenvalue weighted by molar-refractivity contribution is 5.84. The van der Waals surface area contributed by atoms with Gasteiger partial charge in [-0.3, -0.25) is 4.79 Å². The largest absolute Gasteiger partial charge is 0.508 e. The fourth-order valence-electron chi connectivity index (χ4n) is 3.08. The molecule has 0 fully saturated rings. The van der Waals surface area contributed by atoms with Gasteiger partial charge in [0.2, 0.25) is 5.91 Å². The summed E-state index contributed by atoms with van der Waals surface area (Å²) in [4.78, 5) is 25.2. The lowest BCUT2D eigenvalue weighted by Gasteiger charge is -2.21. The van der Waals surface area contributed by atoms with Crippen LogP contribution in [0.15, 0.2) is 48.5 Å². The van der Waals surface area contributed by atoms with Crippen molar-refractivity contribution >= 4 is 11.9 Å². The number of aromatic hydroxyl groups is 2. The van der Waals surface area contributed by atoms with E-state index in [4.69, 9.17) is 4.74 Å². The highest BCUT2D eigenvalue weighted by Crippen LogP contribution is 2.14. The molecule has 0 saturated heterocycles. The minimum absolute atomic E-state index is 0.143. The van der Waals surface area contributed by atoms with E-state index in [1.807, 2.05) is 6.92 Å². The number of hydrogen-bond donors (Lipinski definition) is 3. The van der Waals surface area contributed by atoms with Crippen LogP contribution in [0.25, 0.3) is 0 Å². The lowest BCUT2D eigenvalue weighted by Crippen LogP contribution is -2.44. The van der Waals surface area contributed by atoms with Crippen LogP contribution in [0.4, 0.5) is 0 Å². The van der Waals surface area contributed by atoms with Crippen LogP contribution >= 0.6 is 0 Å². The minimum atomic E-state index is -0.800. The van der Waals surface area contributed by atoms with Crippen molar-refractivity contribution in [2.45, 2.75) is 64.5 Å². The van der Waals surface area contributed by atoms with Crippen LogP contribution in [-0.2, 0) is 27.2 Å². The molecule has 2 rings (SSSR count). The number of phenolic OH excluding ortho intramolecular Hbond substituents is 2. The molecular weight excluding hydrogens is 382 g/mol. The monoisotopic (exact) mass is 413 g/mol. The summed E-state index contributed by atoms with van der Waals surface area (Å²) in [6.45, 7) is 3.94. The van der Waals surface area contributed by atoms with E-state index < -0.39 is 12.0 Å². The van der Waals surface area contributed by atoms with Gasteiger partial charge in [-0.1, -0.05) is 44.0 Å². The fraction of sp³-hybridized carbons (Fsp3) is 0.417. The van der Waals surface area contributed by atoms with Crippen molar-refractivity contribution in [3.05, 3.63) is 59.7 Å². The number of nitrogens with one attached hydrogen (secondary N) is 1. The molecule has 0 bridgehead atoms. The van der Waals surface area contributed by atoms with E-state index in [0.29, 0.717) is 6.42 Å². The van der Waals surface area contributed by atoms with Crippen LogP contribution in [0.1, 0.15) is 50.7 Å². The van der Waals surface area contributed by atoms with Gasteiger partial charge < -0.3 is 20.3 Å².